The quantitative estimate of drug-likeness (QED) is 0.591. The fourth-order valence-electron chi connectivity index (χ4n) is 1.81. The van der Waals surface area contributed by atoms with Crippen molar-refractivity contribution < 1.29 is 9.47 Å². The Hall–Kier alpha value is -0.230. The van der Waals surface area contributed by atoms with Crippen LogP contribution in [0.5, 0.6) is 11.5 Å². The van der Waals surface area contributed by atoms with Crippen molar-refractivity contribution in [3.8, 4) is 11.5 Å². The molecule has 0 aliphatic rings. The number of alkyl halides is 1. The average Bonchev–Trinajstić information content (AvgIpc) is 2.75. The van der Waals surface area contributed by atoms with E-state index in [0.717, 1.165) is 18.7 Å². The first kappa shape index (κ1) is 15.2. The second kappa shape index (κ2) is 6.48. The van der Waals surface area contributed by atoms with Crippen LogP contribution in [0.15, 0.2) is 31.8 Å². The summed E-state index contributed by atoms with van der Waals surface area (Å²) in [6, 6.07) is 7.63. The van der Waals surface area contributed by atoms with E-state index in [1.54, 1.807) is 25.6 Å². The summed E-state index contributed by atoms with van der Waals surface area (Å²) in [5.41, 5.74) is 1.82. The Morgan fingerprint density at radius 2 is 1.74 bits per heavy atom. The highest BCUT2D eigenvalue weighted by Crippen LogP contribution is 2.46. The van der Waals surface area contributed by atoms with Crippen molar-refractivity contribution in [3.63, 3.8) is 0 Å². The lowest BCUT2D eigenvalue weighted by Gasteiger charge is -2.17. The van der Waals surface area contributed by atoms with Crippen LogP contribution >= 0.6 is 54.8 Å². The molecular weight excluding hydrogens is 415 g/mol. The number of halogens is 3. The Bertz CT molecular complexity index is 564. The molecule has 0 spiro atoms. The number of ether oxygens (including phenoxy) is 2. The first-order valence-corrected chi connectivity index (χ1v) is 8.22. The summed E-state index contributed by atoms with van der Waals surface area (Å²) in [5.74, 6) is 1.43. The summed E-state index contributed by atoms with van der Waals surface area (Å²) in [4.78, 5) is 0. The van der Waals surface area contributed by atoms with E-state index in [1.165, 1.54) is 0 Å². The van der Waals surface area contributed by atoms with Gasteiger partial charge in [0.25, 0.3) is 0 Å². The lowest BCUT2D eigenvalue weighted by atomic mass is 10.0. The van der Waals surface area contributed by atoms with Crippen LogP contribution in [0.2, 0.25) is 0 Å². The highest BCUT2D eigenvalue weighted by Gasteiger charge is 2.23. The molecule has 1 aromatic heterocycles. The molecule has 0 radical (unpaired) electrons. The molecule has 0 N–H and O–H groups in total. The molecule has 6 heteroatoms. The number of methoxy groups -OCH3 is 2. The van der Waals surface area contributed by atoms with Gasteiger partial charge in [-0.2, -0.15) is 0 Å². The van der Waals surface area contributed by atoms with Gasteiger partial charge in [-0.15, -0.1) is 22.9 Å². The molecule has 0 saturated carbocycles. The molecule has 0 bridgehead atoms. The first-order chi connectivity index (χ1) is 9.08. The standard InChI is InChI=1S/C13H11Br2ClO2S/c1-17-8-4-3-5-9(18-2)11(8)12(16)7-6-10(14)19-13(7)15/h3-6,12H,1-2H3. The van der Waals surface area contributed by atoms with Gasteiger partial charge < -0.3 is 9.47 Å². The van der Waals surface area contributed by atoms with Crippen molar-refractivity contribution in [2.45, 2.75) is 5.38 Å². The van der Waals surface area contributed by atoms with Crippen LogP contribution in [0, 0.1) is 0 Å². The zero-order chi connectivity index (χ0) is 14.0. The topological polar surface area (TPSA) is 18.5 Å². The Morgan fingerprint density at radius 3 is 2.16 bits per heavy atom. The van der Waals surface area contributed by atoms with Crippen LogP contribution in [-0.4, -0.2) is 14.2 Å². The molecule has 1 heterocycles. The van der Waals surface area contributed by atoms with E-state index in [-0.39, 0.29) is 5.38 Å². The molecule has 0 aliphatic carbocycles. The van der Waals surface area contributed by atoms with Crippen LogP contribution in [0.1, 0.15) is 16.5 Å². The van der Waals surface area contributed by atoms with Crippen LogP contribution in [0.4, 0.5) is 0 Å². The average molecular weight is 427 g/mol. The van der Waals surface area contributed by atoms with Gasteiger partial charge >= 0.3 is 0 Å². The van der Waals surface area contributed by atoms with Gasteiger partial charge in [-0.3, -0.25) is 0 Å². The minimum atomic E-state index is -0.344. The molecule has 0 aliphatic heterocycles. The predicted molar refractivity (Wildman–Crippen MR) is 87.0 cm³/mol. The monoisotopic (exact) mass is 424 g/mol. The fourth-order valence-corrected chi connectivity index (χ4v) is 5.30. The van der Waals surface area contributed by atoms with E-state index in [2.05, 4.69) is 31.9 Å². The summed E-state index contributed by atoms with van der Waals surface area (Å²) in [5, 5.41) is -0.344. The Kier molecular flexibility index (Phi) is 5.17. The molecule has 19 heavy (non-hydrogen) atoms. The van der Waals surface area contributed by atoms with E-state index < -0.39 is 0 Å². The molecule has 0 amide bonds. The lowest BCUT2D eigenvalue weighted by molar-refractivity contribution is 0.386. The number of thiophene rings is 1. The molecule has 2 rings (SSSR count). The fraction of sp³-hybridized carbons (Fsp3) is 0.231. The maximum absolute atomic E-state index is 6.61. The predicted octanol–water partition coefficient (Wildman–Crippen LogP) is 5.62. The molecule has 102 valence electrons. The molecular formula is C13H11Br2ClO2S. The van der Waals surface area contributed by atoms with Gasteiger partial charge in [-0.1, -0.05) is 6.07 Å². The largest absolute Gasteiger partial charge is 0.496 e. The third-order valence-electron chi connectivity index (χ3n) is 2.68. The zero-order valence-corrected chi connectivity index (χ0v) is 15.0. The van der Waals surface area contributed by atoms with E-state index in [4.69, 9.17) is 21.1 Å². The summed E-state index contributed by atoms with van der Waals surface area (Å²) in [7, 11) is 3.25. The number of rotatable bonds is 4. The number of hydrogen-bond acceptors (Lipinski definition) is 3. The van der Waals surface area contributed by atoms with E-state index in [0.29, 0.717) is 11.5 Å². The van der Waals surface area contributed by atoms with Gasteiger partial charge in [-0.25, -0.2) is 0 Å². The minimum absolute atomic E-state index is 0.344. The summed E-state index contributed by atoms with van der Waals surface area (Å²) in [6.45, 7) is 0. The third-order valence-corrected chi connectivity index (χ3v) is 5.51. The van der Waals surface area contributed by atoms with Gasteiger partial charge in [0, 0.05) is 5.56 Å². The van der Waals surface area contributed by atoms with Crippen LogP contribution in [0.25, 0.3) is 0 Å². The second-order valence-electron chi connectivity index (χ2n) is 3.72. The summed E-state index contributed by atoms with van der Waals surface area (Å²) < 4.78 is 12.8. The third kappa shape index (κ3) is 3.10. The second-order valence-corrected chi connectivity index (χ2v) is 7.90. The molecule has 0 fully saturated rings. The van der Waals surface area contributed by atoms with Crippen molar-refractivity contribution in [2.24, 2.45) is 0 Å². The van der Waals surface area contributed by atoms with Gasteiger partial charge in [0.05, 0.1) is 32.7 Å². The van der Waals surface area contributed by atoms with Crippen molar-refractivity contribution >= 4 is 54.8 Å². The van der Waals surface area contributed by atoms with E-state index >= 15 is 0 Å². The number of benzene rings is 1. The minimum Gasteiger partial charge on any atom is -0.496 e. The smallest absolute Gasteiger partial charge is 0.127 e. The van der Waals surface area contributed by atoms with Crippen molar-refractivity contribution in [3.05, 3.63) is 43.0 Å². The molecule has 1 aromatic carbocycles. The maximum atomic E-state index is 6.61. The Balaban J connectivity index is 2.54. The molecule has 2 nitrogen and oxygen atoms in total. The van der Waals surface area contributed by atoms with Gasteiger partial charge in [0.15, 0.2) is 0 Å². The van der Waals surface area contributed by atoms with Crippen molar-refractivity contribution in [1.29, 1.82) is 0 Å². The van der Waals surface area contributed by atoms with E-state index in [1.807, 2.05) is 24.3 Å². The molecule has 1 unspecified atom stereocenters. The Morgan fingerprint density at radius 1 is 1.16 bits per heavy atom. The summed E-state index contributed by atoms with van der Waals surface area (Å²) >= 11 is 15.2. The first-order valence-electron chi connectivity index (χ1n) is 5.38. The lowest BCUT2D eigenvalue weighted by Crippen LogP contribution is -2.00. The Labute approximate surface area is 137 Å². The van der Waals surface area contributed by atoms with Gasteiger partial charge in [-0.05, 0) is 50.1 Å². The highest BCUT2D eigenvalue weighted by molar-refractivity contribution is 9.12. The van der Waals surface area contributed by atoms with Gasteiger partial charge in [0.1, 0.15) is 11.5 Å². The molecule has 0 saturated heterocycles. The van der Waals surface area contributed by atoms with Crippen LogP contribution in [-0.2, 0) is 0 Å². The highest BCUT2D eigenvalue weighted by atomic mass is 79.9. The van der Waals surface area contributed by atoms with E-state index in [9.17, 15) is 0 Å². The normalized spacial score (nSPS) is 12.3. The van der Waals surface area contributed by atoms with Gasteiger partial charge in [0.2, 0.25) is 0 Å². The van der Waals surface area contributed by atoms with Crippen molar-refractivity contribution in [2.75, 3.05) is 14.2 Å². The molecule has 2 aromatic rings. The SMILES string of the molecule is COc1cccc(OC)c1C(Cl)c1cc(Br)sc1Br. The van der Waals surface area contributed by atoms with Crippen molar-refractivity contribution in [1.82, 2.24) is 0 Å². The number of hydrogen-bond donors (Lipinski definition) is 0. The summed E-state index contributed by atoms with van der Waals surface area (Å²) in [6.07, 6.45) is 0. The molecule has 1 atom stereocenters. The van der Waals surface area contributed by atoms with Crippen LogP contribution < -0.4 is 9.47 Å². The van der Waals surface area contributed by atoms with Crippen LogP contribution in [0.3, 0.4) is 0 Å². The maximum Gasteiger partial charge on any atom is 0.127 e. The zero-order valence-electron chi connectivity index (χ0n) is 10.2.